The fourth-order valence-electron chi connectivity index (χ4n) is 2.51. The van der Waals surface area contributed by atoms with Gasteiger partial charge in [0.25, 0.3) is 0 Å². The van der Waals surface area contributed by atoms with Gasteiger partial charge in [-0.05, 0) is 19.3 Å². The third-order valence-corrected chi connectivity index (χ3v) is 4.61. The van der Waals surface area contributed by atoms with E-state index in [-0.39, 0.29) is 63.6 Å². The van der Waals surface area contributed by atoms with Gasteiger partial charge in [-0.3, -0.25) is 0 Å². The maximum absolute atomic E-state index is 10.4. The van der Waals surface area contributed by atoms with E-state index in [4.69, 9.17) is 0 Å². The van der Waals surface area contributed by atoms with Gasteiger partial charge < -0.3 is 9.66 Å². The van der Waals surface area contributed by atoms with Gasteiger partial charge in [0.05, 0.1) is 16.2 Å². The van der Waals surface area contributed by atoms with E-state index in [1.54, 1.807) is 0 Å². The Morgan fingerprint density at radius 2 is 1.23 bits per heavy atom. The van der Waals surface area contributed by atoms with Crippen molar-refractivity contribution in [1.29, 1.82) is 0 Å². The van der Waals surface area contributed by atoms with Gasteiger partial charge in [-0.15, -0.1) is 0 Å². The fraction of sp³-hybridized carbons (Fsp3) is 1.00. The first-order valence-electron chi connectivity index (χ1n) is 8.57. The van der Waals surface area contributed by atoms with Crippen LogP contribution in [0, 0.1) is 0 Å². The first-order valence-corrected chi connectivity index (χ1v) is 10.1. The predicted octanol–water partition coefficient (Wildman–Crippen LogP) is 0.988. The van der Waals surface area contributed by atoms with E-state index >= 15 is 0 Å². The number of hydrogen-bond acceptors (Lipinski definition) is 4. The standard InChI is InChI=1S/C16H34O4S.K/c1-2-3-4-5-6-7-8-9-10-11-13-16(17)14-12-15-21(18,19)20;/h16-17H,2-15H2,1H3,(H,18,19,20);/q;+1/p-1. The monoisotopic (exact) mass is 360 g/mol. The minimum absolute atomic E-state index is 0. The van der Waals surface area contributed by atoms with Gasteiger partial charge in [-0.25, -0.2) is 8.42 Å². The number of aliphatic hydroxyl groups excluding tert-OH is 1. The molecule has 0 spiro atoms. The molecule has 22 heavy (non-hydrogen) atoms. The van der Waals surface area contributed by atoms with Gasteiger partial charge in [0.2, 0.25) is 0 Å². The Morgan fingerprint density at radius 1 is 0.818 bits per heavy atom. The first kappa shape index (κ1) is 25.7. The third-order valence-electron chi connectivity index (χ3n) is 3.82. The molecule has 0 amide bonds. The molecule has 0 rings (SSSR count). The summed E-state index contributed by atoms with van der Waals surface area (Å²) in [7, 11) is -4.12. The van der Waals surface area contributed by atoms with Crippen LogP contribution in [0.15, 0.2) is 0 Å². The summed E-state index contributed by atoms with van der Waals surface area (Å²) in [6, 6.07) is 0. The molecule has 0 aromatic carbocycles. The third kappa shape index (κ3) is 21.5. The summed E-state index contributed by atoms with van der Waals surface area (Å²) < 4.78 is 31.3. The number of rotatable bonds is 15. The zero-order valence-corrected chi connectivity index (χ0v) is 18.5. The van der Waals surface area contributed by atoms with Crippen LogP contribution in [0.2, 0.25) is 0 Å². The molecule has 4 nitrogen and oxygen atoms in total. The summed E-state index contributed by atoms with van der Waals surface area (Å²) in [5, 5.41) is 9.67. The molecule has 1 atom stereocenters. The Labute approximate surface area is 180 Å². The van der Waals surface area contributed by atoms with Crippen molar-refractivity contribution < 1.29 is 69.5 Å². The Morgan fingerprint density at radius 3 is 1.68 bits per heavy atom. The van der Waals surface area contributed by atoms with Gasteiger partial charge in [-0.2, -0.15) is 0 Å². The van der Waals surface area contributed by atoms with E-state index < -0.39 is 16.2 Å². The van der Waals surface area contributed by atoms with Crippen LogP contribution in [0.5, 0.6) is 0 Å². The molecule has 1 N–H and O–H groups in total. The minimum Gasteiger partial charge on any atom is -0.748 e. The Kier molecular flexibility index (Phi) is 20.3. The molecule has 1 unspecified atom stereocenters. The molecule has 0 aliphatic rings. The maximum Gasteiger partial charge on any atom is 1.00 e. The van der Waals surface area contributed by atoms with Crippen LogP contribution in [0.4, 0.5) is 0 Å². The van der Waals surface area contributed by atoms with E-state index in [0.29, 0.717) is 6.42 Å². The van der Waals surface area contributed by atoms with Crippen molar-refractivity contribution in [2.24, 2.45) is 0 Å². The summed E-state index contributed by atoms with van der Waals surface area (Å²) in [5.74, 6) is -0.359. The molecule has 0 heterocycles. The molecule has 0 aliphatic heterocycles. The molecular weight excluding hydrogens is 327 g/mol. The summed E-state index contributed by atoms with van der Waals surface area (Å²) in [6.45, 7) is 2.23. The minimum atomic E-state index is -4.12. The maximum atomic E-state index is 10.4. The second-order valence-corrected chi connectivity index (χ2v) is 7.55. The largest absolute Gasteiger partial charge is 1.00 e. The van der Waals surface area contributed by atoms with Crippen molar-refractivity contribution in [2.45, 2.75) is 96.5 Å². The van der Waals surface area contributed by atoms with Gasteiger partial charge in [0.15, 0.2) is 0 Å². The summed E-state index contributed by atoms with van der Waals surface area (Å²) in [4.78, 5) is 0. The van der Waals surface area contributed by atoms with E-state index in [0.717, 1.165) is 19.3 Å². The van der Waals surface area contributed by atoms with Gasteiger partial charge in [-0.1, -0.05) is 71.1 Å². The molecule has 0 bridgehead atoms. The molecular formula is C16H33KO4S. The first-order chi connectivity index (χ1) is 9.95. The topological polar surface area (TPSA) is 77.4 Å². The molecule has 6 heteroatoms. The average molecular weight is 361 g/mol. The normalized spacial score (nSPS) is 12.9. The molecule has 0 saturated heterocycles. The second kappa shape index (κ2) is 17.3. The number of hydrogen-bond donors (Lipinski definition) is 1. The predicted molar refractivity (Wildman–Crippen MR) is 86.3 cm³/mol. The summed E-state index contributed by atoms with van der Waals surface area (Å²) >= 11 is 0. The van der Waals surface area contributed by atoms with Crippen LogP contribution in [-0.2, 0) is 10.1 Å². The van der Waals surface area contributed by atoms with Gasteiger partial charge in [0, 0.05) is 5.75 Å². The Balaban J connectivity index is 0. The van der Waals surface area contributed by atoms with E-state index in [9.17, 15) is 18.1 Å². The van der Waals surface area contributed by atoms with Crippen molar-refractivity contribution in [2.75, 3.05) is 5.75 Å². The van der Waals surface area contributed by atoms with Crippen molar-refractivity contribution in [1.82, 2.24) is 0 Å². The van der Waals surface area contributed by atoms with Crippen molar-refractivity contribution in [3.8, 4) is 0 Å². The molecule has 0 aromatic rings. The molecule has 0 aromatic heterocycles. The number of aliphatic hydroxyl groups is 1. The van der Waals surface area contributed by atoms with Crippen molar-refractivity contribution in [3.63, 3.8) is 0 Å². The SMILES string of the molecule is CCCCCCCCCCCCC(O)CCCS(=O)(=O)[O-].[K+]. The van der Waals surface area contributed by atoms with E-state index in [2.05, 4.69) is 6.92 Å². The quantitative estimate of drug-likeness (QED) is 0.268. The van der Waals surface area contributed by atoms with E-state index in [1.165, 1.54) is 51.4 Å². The zero-order chi connectivity index (χ0) is 16.0. The average Bonchev–Trinajstić information content (AvgIpc) is 2.39. The smallest absolute Gasteiger partial charge is 0.748 e. The second-order valence-electron chi connectivity index (χ2n) is 6.03. The van der Waals surface area contributed by atoms with Crippen LogP contribution in [0.3, 0.4) is 0 Å². The van der Waals surface area contributed by atoms with E-state index in [1.807, 2.05) is 0 Å². The molecule has 128 valence electrons. The van der Waals surface area contributed by atoms with Crippen LogP contribution in [0.25, 0.3) is 0 Å². The fourth-order valence-corrected chi connectivity index (χ4v) is 3.03. The zero-order valence-electron chi connectivity index (χ0n) is 14.6. The summed E-state index contributed by atoms with van der Waals surface area (Å²) in [6.07, 6.45) is 13.6. The Hall–Kier alpha value is 1.51. The summed E-state index contributed by atoms with van der Waals surface area (Å²) in [5.41, 5.74) is 0. The van der Waals surface area contributed by atoms with Crippen LogP contribution < -0.4 is 51.4 Å². The van der Waals surface area contributed by atoms with Crippen LogP contribution >= 0.6 is 0 Å². The molecule has 0 fully saturated rings. The molecule has 0 aliphatic carbocycles. The van der Waals surface area contributed by atoms with Crippen LogP contribution in [0.1, 0.15) is 90.4 Å². The molecule has 0 saturated carbocycles. The Bertz CT molecular complexity index is 320. The van der Waals surface area contributed by atoms with Crippen molar-refractivity contribution >= 4 is 10.1 Å². The number of unbranched alkanes of at least 4 members (excludes halogenated alkanes) is 9. The van der Waals surface area contributed by atoms with Crippen LogP contribution in [-0.4, -0.2) is 29.9 Å². The molecule has 0 radical (unpaired) electrons. The van der Waals surface area contributed by atoms with Gasteiger partial charge >= 0.3 is 51.4 Å². The van der Waals surface area contributed by atoms with Gasteiger partial charge in [0.1, 0.15) is 0 Å². The van der Waals surface area contributed by atoms with Crippen molar-refractivity contribution in [3.05, 3.63) is 0 Å².